The standard InChI is InChI=1S/Na.H2O4Se.H2O3Se.H/c;1-5(2,3)4;1-4(2)3;/h;(H2,1,2,3,4);(H2,1,2,3);. The van der Waals surface area contributed by atoms with Crippen LogP contribution in [0.3, 0.4) is 0 Å². The van der Waals surface area contributed by atoms with Crippen molar-refractivity contribution >= 4 is 57.4 Å². The summed E-state index contributed by atoms with van der Waals surface area (Å²) >= 11 is -8.54. The number of rotatable bonds is 0. The zero-order valence-electron chi connectivity index (χ0n) is 3.83. The van der Waals surface area contributed by atoms with Gasteiger partial charge in [-0.25, -0.2) is 0 Å². The third-order valence-electron chi connectivity index (χ3n) is 0. The molecule has 0 aromatic carbocycles. The van der Waals surface area contributed by atoms with E-state index in [0.717, 1.165) is 0 Å². The Balaban J connectivity index is -0.0000000910. The van der Waals surface area contributed by atoms with Gasteiger partial charge in [-0.3, -0.25) is 0 Å². The van der Waals surface area contributed by atoms with Gasteiger partial charge in [-0.15, -0.1) is 0 Å². The van der Waals surface area contributed by atoms with Crippen LogP contribution >= 0.6 is 0 Å². The van der Waals surface area contributed by atoms with Crippen LogP contribution in [0.2, 0.25) is 0 Å². The van der Waals surface area contributed by atoms with E-state index in [1.165, 1.54) is 0 Å². The third-order valence-corrected chi connectivity index (χ3v) is 0. The Kier molecular flexibility index (Phi) is 14.6. The zero-order chi connectivity index (χ0) is 8.08. The van der Waals surface area contributed by atoms with Gasteiger partial charge >= 0.3 is 85.7 Å². The zero-order valence-corrected chi connectivity index (χ0v) is 7.26. The molecule has 0 amide bonds. The number of hydrogen-bond acceptors (Lipinski definition) is 3. The predicted molar refractivity (Wildman–Crippen MR) is 29.6 cm³/mol. The molecule has 7 nitrogen and oxygen atoms in total. The molecule has 0 aliphatic carbocycles. The molecular weight excluding hydrogens is 293 g/mol. The van der Waals surface area contributed by atoms with E-state index in [2.05, 4.69) is 0 Å². The molecule has 0 spiro atoms. The minimum absolute atomic E-state index is 0. The van der Waals surface area contributed by atoms with Crippen molar-refractivity contribution < 1.29 is 28.3 Å². The van der Waals surface area contributed by atoms with Crippen LogP contribution in [-0.4, -0.2) is 74.2 Å². The Morgan fingerprint density at radius 3 is 1.10 bits per heavy atom. The topological polar surface area (TPSA) is 132 Å². The monoisotopic (exact) mass is 300 g/mol. The Morgan fingerprint density at radius 1 is 1.10 bits per heavy atom. The molecule has 0 saturated heterocycles. The normalized spacial score (nSPS) is 9.30. The Morgan fingerprint density at radius 2 is 1.10 bits per heavy atom. The van der Waals surface area contributed by atoms with Gasteiger partial charge in [0.1, 0.15) is 0 Å². The molecule has 0 fully saturated rings. The first-order chi connectivity index (χ1) is 3.73. The average Bonchev–Trinajstić information content (AvgIpc) is 1.19. The summed E-state index contributed by atoms with van der Waals surface area (Å²) < 4.78 is 55.0. The van der Waals surface area contributed by atoms with Crippen molar-refractivity contribution in [3.05, 3.63) is 0 Å². The molecule has 0 bridgehead atoms. The van der Waals surface area contributed by atoms with Crippen molar-refractivity contribution in [3.8, 4) is 0 Å². The van der Waals surface area contributed by atoms with Crippen LogP contribution in [0.25, 0.3) is 0 Å². The van der Waals surface area contributed by atoms with Gasteiger partial charge in [0.15, 0.2) is 0 Å². The summed E-state index contributed by atoms with van der Waals surface area (Å²) in [6, 6.07) is 0. The second kappa shape index (κ2) is 8.38. The molecule has 0 aliphatic rings. The molecule has 0 aromatic heterocycles. The molecule has 0 radical (unpaired) electrons. The summed E-state index contributed by atoms with van der Waals surface area (Å²) in [5, 5.41) is 0. The molecule has 0 heterocycles. The van der Waals surface area contributed by atoms with E-state index in [9.17, 15) is 0 Å². The summed E-state index contributed by atoms with van der Waals surface area (Å²) in [4.78, 5) is 0. The van der Waals surface area contributed by atoms with E-state index in [4.69, 9.17) is 28.3 Å². The van der Waals surface area contributed by atoms with Crippen molar-refractivity contribution in [2.24, 2.45) is 0 Å². The summed E-state index contributed by atoms with van der Waals surface area (Å²) in [5.74, 6) is 0. The molecule has 0 rings (SSSR count). The molecular formula is H5NaO7Se2. The fourth-order valence-electron chi connectivity index (χ4n) is 0. The molecule has 60 valence electrons. The summed E-state index contributed by atoms with van der Waals surface area (Å²) in [6.07, 6.45) is 0. The van der Waals surface area contributed by atoms with E-state index in [-0.39, 0.29) is 29.6 Å². The van der Waals surface area contributed by atoms with Crippen molar-refractivity contribution in [2.75, 3.05) is 0 Å². The van der Waals surface area contributed by atoms with Gasteiger partial charge in [0, 0.05) is 0 Å². The van der Waals surface area contributed by atoms with Gasteiger partial charge in [-0.1, -0.05) is 0 Å². The minimum atomic E-state index is -5.25. The van der Waals surface area contributed by atoms with Crippen LogP contribution in [0.4, 0.5) is 0 Å². The molecule has 0 atom stereocenters. The molecule has 10 heteroatoms. The van der Waals surface area contributed by atoms with Crippen LogP contribution in [0.15, 0.2) is 0 Å². The first kappa shape index (κ1) is 17.4. The van der Waals surface area contributed by atoms with Gasteiger partial charge in [-0.05, 0) is 0 Å². The van der Waals surface area contributed by atoms with Crippen molar-refractivity contribution in [1.82, 2.24) is 0 Å². The van der Waals surface area contributed by atoms with Crippen molar-refractivity contribution in [2.45, 2.75) is 0 Å². The molecule has 4 N–H and O–H groups in total. The summed E-state index contributed by atoms with van der Waals surface area (Å²) in [7, 11) is 0. The van der Waals surface area contributed by atoms with Crippen LogP contribution in [0.5, 0.6) is 0 Å². The molecule has 10 heavy (non-hydrogen) atoms. The second-order valence-corrected chi connectivity index (χ2v) is 3.53. The van der Waals surface area contributed by atoms with Crippen LogP contribution in [-0.2, 0) is 11.5 Å². The van der Waals surface area contributed by atoms with Gasteiger partial charge in [-0.2, -0.15) is 0 Å². The van der Waals surface area contributed by atoms with Crippen LogP contribution < -0.4 is 0 Å². The summed E-state index contributed by atoms with van der Waals surface area (Å²) in [6.45, 7) is 0. The van der Waals surface area contributed by atoms with Gasteiger partial charge in [0.2, 0.25) is 0 Å². The first-order valence-corrected chi connectivity index (χ1v) is 6.39. The Hall–Kier alpha value is 1.28. The molecule has 0 aromatic rings. The van der Waals surface area contributed by atoms with Gasteiger partial charge < -0.3 is 0 Å². The fourth-order valence-corrected chi connectivity index (χ4v) is 0. The van der Waals surface area contributed by atoms with E-state index >= 15 is 0 Å². The number of hydrogen-bond donors (Lipinski definition) is 4. The van der Waals surface area contributed by atoms with E-state index in [1.54, 1.807) is 0 Å². The Bertz CT molecular complexity index is 154. The maximum atomic E-state index is 8.82. The van der Waals surface area contributed by atoms with E-state index < -0.39 is 27.9 Å². The molecule has 0 aliphatic heterocycles. The third kappa shape index (κ3) is 389. The average molecular weight is 298 g/mol. The predicted octanol–water partition coefficient (Wildman–Crippen LogP) is -3.99. The van der Waals surface area contributed by atoms with E-state index in [0.29, 0.717) is 0 Å². The SMILES string of the molecule is O=[Se](=O)(O)O.O=[Se](O)O.[NaH]. The second-order valence-electron chi connectivity index (χ2n) is 0.679. The first-order valence-electron chi connectivity index (χ1n) is 1.23. The molecule has 0 saturated carbocycles. The van der Waals surface area contributed by atoms with Gasteiger partial charge in [0.05, 0.1) is 0 Å². The molecule has 0 unspecified atom stereocenters. The van der Waals surface area contributed by atoms with Crippen molar-refractivity contribution in [3.63, 3.8) is 0 Å². The summed E-state index contributed by atoms with van der Waals surface area (Å²) in [5.41, 5.74) is 0. The Labute approximate surface area is 85.0 Å². The van der Waals surface area contributed by atoms with Crippen LogP contribution in [0, 0.1) is 0 Å². The fraction of sp³-hybridized carbons (Fsp3) is 0. The van der Waals surface area contributed by atoms with E-state index in [1.807, 2.05) is 0 Å². The van der Waals surface area contributed by atoms with Crippen LogP contribution in [0.1, 0.15) is 0 Å². The van der Waals surface area contributed by atoms with Crippen molar-refractivity contribution in [1.29, 1.82) is 0 Å². The maximum absolute atomic E-state index is 8.82. The van der Waals surface area contributed by atoms with Gasteiger partial charge in [0.25, 0.3) is 0 Å². The quantitative estimate of drug-likeness (QED) is 0.335.